The van der Waals surface area contributed by atoms with Crippen LogP contribution in [0.2, 0.25) is 5.02 Å². The predicted molar refractivity (Wildman–Crippen MR) is 151 cm³/mol. The molecular weight excluding hydrogens is 572 g/mol. The van der Waals surface area contributed by atoms with Crippen molar-refractivity contribution in [3.05, 3.63) is 99.6 Å². The van der Waals surface area contributed by atoms with Crippen molar-refractivity contribution >= 4 is 35.0 Å². The molecule has 13 heteroatoms. The van der Waals surface area contributed by atoms with Gasteiger partial charge in [-0.1, -0.05) is 23.7 Å². The van der Waals surface area contributed by atoms with Crippen molar-refractivity contribution in [1.82, 2.24) is 14.9 Å². The van der Waals surface area contributed by atoms with Crippen LogP contribution in [-0.4, -0.2) is 34.0 Å². The fourth-order valence-electron chi connectivity index (χ4n) is 4.33. The molecule has 0 saturated carbocycles. The summed E-state index contributed by atoms with van der Waals surface area (Å²) in [4.78, 5) is 42.8. The van der Waals surface area contributed by atoms with Crippen molar-refractivity contribution in [3.63, 3.8) is 0 Å². The fourth-order valence-corrected chi connectivity index (χ4v) is 4.48. The number of carbonyl (C=O) groups is 2. The van der Waals surface area contributed by atoms with Gasteiger partial charge in [-0.25, -0.2) is 13.8 Å². The number of esters is 1. The second kappa shape index (κ2) is 12.4. The number of benzene rings is 2. The van der Waals surface area contributed by atoms with Gasteiger partial charge in [0.2, 0.25) is 5.43 Å². The number of hydrogen-bond acceptors (Lipinski definition) is 8. The fraction of sp³-hybridized carbons (Fsp3) is 0.172. The molecule has 5 rings (SSSR count). The van der Waals surface area contributed by atoms with Crippen molar-refractivity contribution in [1.29, 1.82) is 0 Å². The van der Waals surface area contributed by atoms with Gasteiger partial charge in [0, 0.05) is 42.0 Å². The summed E-state index contributed by atoms with van der Waals surface area (Å²) in [6.07, 6.45) is 5.47. The molecule has 0 spiro atoms. The number of aromatic nitrogens is 2. The molecule has 2 aromatic heterocycles. The van der Waals surface area contributed by atoms with E-state index in [9.17, 15) is 23.2 Å². The molecule has 10 nitrogen and oxygen atoms in total. The first kappa shape index (κ1) is 28.7. The van der Waals surface area contributed by atoms with E-state index in [0.29, 0.717) is 18.5 Å². The van der Waals surface area contributed by atoms with Crippen LogP contribution in [0.5, 0.6) is 11.5 Å². The lowest BCUT2D eigenvalue weighted by molar-refractivity contribution is -0.149. The second-order valence-electron chi connectivity index (χ2n) is 9.39. The van der Waals surface area contributed by atoms with Crippen molar-refractivity contribution in [3.8, 4) is 22.6 Å². The maximum Gasteiger partial charge on any atom is 0.324 e. The molecule has 3 heterocycles. The van der Waals surface area contributed by atoms with Crippen LogP contribution in [0.3, 0.4) is 0 Å². The minimum atomic E-state index is -0.848. The van der Waals surface area contributed by atoms with E-state index in [1.807, 2.05) is 0 Å². The maximum absolute atomic E-state index is 14.9. The number of carbonyl (C=O) groups excluding carboxylic acids is 2. The molecule has 2 aromatic carbocycles. The van der Waals surface area contributed by atoms with Gasteiger partial charge in [0.05, 0.1) is 0 Å². The number of rotatable bonds is 8. The minimum Gasteiger partial charge on any atom is -0.453 e. The summed E-state index contributed by atoms with van der Waals surface area (Å²) >= 11 is 6.06. The van der Waals surface area contributed by atoms with Crippen LogP contribution >= 0.6 is 11.6 Å². The number of nitrogens with one attached hydrogen (secondary N) is 2. The molecule has 42 heavy (non-hydrogen) atoms. The molecule has 0 unspecified atom stereocenters. The van der Waals surface area contributed by atoms with E-state index in [2.05, 4.69) is 15.6 Å². The molecule has 1 aliphatic heterocycles. The van der Waals surface area contributed by atoms with Crippen molar-refractivity contribution in [2.75, 3.05) is 17.6 Å². The van der Waals surface area contributed by atoms with Crippen LogP contribution in [-0.2, 0) is 16.3 Å². The van der Waals surface area contributed by atoms with Crippen LogP contribution in [0.4, 0.5) is 20.3 Å². The average Bonchev–Trinajstić information content (AvgIpc) is 3.52. The maximum atomic E-state index is 14.9. The van der Waals surface area contributed by atoms with Crippen LogP contribution in [0.25, 0.3) is 11.1 Å². The Morgan fingerprint density at radius 3 is 2.62 bits per heavy atom. The quantitative estimate of drug-likeness (QED) is 0.249. The van der Waals surface area contributed by atoms with Gasteiger partial charge in [0.15, 0.2) is 24.0 Å². The third-order valence-electron chi connectivity index (χ3n) is 6.47. The Morgan fingerprint density at radius 2 is 1.90 bits per heavy atom. The number of pyridine rings is 2. The summed E-state index contributed by atoms with van der Waals surface area (Å²) in [6.45, 7) is 0.422. The highest BCUT2D eigenvalue weighted by molar-refractivity contribution is 6.34. The third-order valence-corrected chi connectivity index (χ3v) is 6.85. The van der Waals surface area contributed by atoms with E-state index in [4.69, 9.17) is 26.8 Å². The van der Waals surface area contributed by atoms with Gasteiger partial charge in [-0.05, 0) is 49.2 Å². The number of anilines is 2. The van der Waals surface area contributed by atoms with E-state index in [0.717, 1.165) is 12.5 Å². The lowest BCUT2D eigenvalue weighted by Gasteiger charge is -2.15. The lowest BCUT2D eigenvalue weighted by Crippen LogP contribution is -2.33. The zero-order valence-electron chi connectivity index (χ0n) is 21.9. The summed E-state index contributed by atoms with van der Waals surface area (Å²) < 4.78 is 40.7. The number of halogens is 3. The molecule has 4 N–H and O–H groups in total. The van der Waals surface area contributed by atoms with Crippen molar-refractivity contribution in [2.45, 2.75) is 25.6 Å². The van der Waals surface area contributed by atoms with Gasteiger partial charge >= 0.3 is 5.97 Å². The Morgan fingerprint density at radius 1 is 1.12 bits per heavy atom. The van der Waals surface area contributed by atoms with E-state index in [1.165, 1.54) is 65.6 Å². The van der Waals surface area contributed by atoms with Crippen molar-refractivity contribution in [2.24, 2.45) is 0 Å². The van der Waals surface area contributed by atoms with Gasteiger partial charge in [-0.15, -0.1) is 0 Å². The number of amides is 1. The normalized spacial score (nSPS) is 14.4. The molecule has 1 fully saturated rings. The van der Waals surface area contributed by atoms with Crippen LogP contribution in [0.15, 0.2) is 71.9 Å². The first-order valence-electron chi connectivity index (χ1n) is 12.8. The molecule has 1 aliphatic rings. The Bertz CT molecular complexity index is 1710. The molecule has 1 saturated heterocycles. The lowest BCUT2D eigenvalue weighted by atomic mass is 10.0. The minimum absolute atomic E-state index is 0.0109. The highest BCUT2D eigenvalue weighted by Crippen LogP contribution is 2.34. The molecule has 216 valence electrons. The number of hydrogen-bond donors (Lipinski definition) is 3. The summed E-state index contributed by atoms with van der Waals surface area (Å²) in [5.74, 6) is -2.74. The standard InChI is InChI=1S/C29H24ClF2N5O5/c30-25-24(9-11-35-27(25)33)42-23-8-7-18(12-21(23)32)36-28(39)20-14-37(15-41-29(40)22-2-1-10-34-22)13-19(26(20)38)16-3-5-17(31)6-4-16/h3-9,11-14,22,34H,1-2,10,15H2,(H2,33,35)(H,36,39)/t22-/m1/s1. The first-order valence-corrected chi connectivity index (χ1v) is 13.2. The summed E-state index contributed by atoms with van der Waals surface area (Å²) in [7, 11) is 0. The molecule has 4 aromatic rings. The Balaban J connectivity index is 1.40. The number of nitrogen functional groups attached to an aromatic ring is 1. The smallest absolute Gasteiger partial charge is 0.324 e. The predicted octanol–water partition coefficient (Wildman–Crippen LogP) is 4.72. The number of ether oxygens (including phenoxy) is 2. The second-order valence-corrected chi connectivity index (χ2v) is 9.76. The van der Waals surface area contributed by atoms with Gasteiger partial charge in [0.25, 0.3) is 5.91 Å². The highest BCUT2D eigenvalue weighted by Gasteiger charge is 2.24. The number of nitrogens with two attached hydrogens (primary N) is 1. The topological polar surface area (TPSA) is 138 Å². The van der Waals surface area contributed by atoms with E-state index in [1.54, 1.807) is 0 Å². The van der Waals surface area contributed by atoms with E-state index >= 15 is 0 Å². The SMILES string of the molecule is Nc1nccc(Oc2ccc(NC(=O)c3cn(COC(=O)[C@H]4CCCN4)cc(-c4ccc(F)cc4)c3=O)cc2F)c1Cl. The third kappa shape index (κ3) is 6.40. The molecule has 0 aliphatic carbocycles. The zero-order valence-corrected chi connectivity index (χ0v) is 22.7. The molecule has 0 radical (unpaired) electrons. The molecule has 0 bridgehead atoms. The van der Waals surface area contributed by atoms with E-state index in [-0.39, 0.29) is 45.9 Å². The molecular formula is C29H24ClF2N5O5. The summed E-state index contributed by atoms with van der Waals surface area (Å²) in [6, 6.07) is 9.76. The Kier molecular flexibility index (Phi) is 8.46. The first-order chi connectivity index (χ1) is 20.2. The van der Waals surface area contributed by atoms with Gasteiger partial charge in [-0.3, -0.25) is 14.4 Å². The van der Waals surface area contributed by atoms with Gasteiger partial charge in [0.1, 0.15) is 28.3 Å². The Labute approximate surface area is 243 Å². The summed E-state index contributed by atoms with van der Waals surface area (Å²) in [5.41, 5.74) is 5.12. The molecule has 1 atom stereocenters. The highest BCUT2D eigenvalue weighted by atomic mass is 35.5. The zero-order chi connectivity index (χ0) is 29.8. The molecule has 1 amide bonds. The van der Waals surface area contributed by atoms with Crippen LogP contribution in [0, 0.1) is 11.6 Å². The van der Waals surface area contributed by atoms with Crippen LogP contribution < -0.4 is 26.5 Å². The average molecular weight is 596 g/mol. The van der Waals surface area contributed by atoms with Gasteiger partial charge < -0.3 is 30.4 Å². The Hall–Kier alpha value is -4.81. The van der Waals surface area contributed by atoms with Crippen molar-refractivity contribution < 1.29 is 27.8 Å². The van der Waals surface area contributed by atoms with Crippen LogP contribution in [0.1, 0.15) is 23.2 Å². The monoisotopic (exact) mass is 595 g/mol. The van der Waals surface area contributed by atoms with E-state index < -0.39 is 35.0 Å². The summed E-state index contributed by atoms with van der Waals surface area (Å²) in [5, 5.41) is 5.55. The number of nitrogens with zero attached hydrogens (tertiary/aromatic N) is 2. The van der Waals surface area contributed by atoms with Gasteiger partial charge in [-0.2, -0.15) is 0 Å². The largest absolute Gasteiger partial charge is 0.453 e.